The van der Waals surface area contributed by atoms with Gasteiger partial charge in [-0.1, -0.05) is 54.4 Å². The van der Waals surface area contributed by atoms with E-state index < -0.39 is 0 Å². The summed E-state index contributed by atoms with van der Waals surface area (Å²) < 4.78 is 5.72. The molecule has 0 N–H and O–H groups in total. The van der Waals surface area contributed by atoms with E-state index in [1.165, 1.54) is 31.4 Å². The molecule has 0 radical (unpaired) electrons. The Labute approximate surface area is 175 Å². The van der Waals surface area contributed by atoms with Gasteiger partial charge < -0.3 is 14.5 Å². The Morgan fingerprint density at radius 2 is 1.86 bits per heavy atom. The molecule has 156 valence electrons. The number of carbonyl (C=O) groups is 1. The second-order valence-electron chi connectivity index (χ2n) is 8.14. The van der Waals surface area contributed by atoms with Gasteiger partial charge in [-0.25, -0.2) is 0 Å². The van der Waals surface area contributed by atoms with Gasteiger partial charge in [0.1, 0.15) is 5.75 Å². The molecule has 4 heteroatoms. The Morgan fingerprint density at radius 1 is 1.10 bits per heavy atom. The predicted molar refractivity (Wildman–Crippen MR) is 118 cm³/mol. The number of piperidine rings is 1. The van der Waals surface area contributed by atoms with Crippen LogP contribution in [-0.2, 0) is 11.3 Å². The van der Waals surface area contributed by atoms with E-state index in [0.717, 1.165) is 30.8 Å². The van der Waals surface area contributed by atoms with Gasteiger partial charge in [0.15, 0.2) is 6.61 Å². The highest BCUT2D eigenvalue weighted by Crippen LogP contribution is 2.17. The smallest absolute Gasteiger partial charge is 0.260 e. The summed E-state index contributed by atoms with van der Waals surface area (Å²) in [5.74, 6) is 0.777. The van der Waals surface area contributed by atoms with Crippen LogP contribution in [0.3, 0.4) is 0 Å². The molecule has 0 aliphatic carbocycles. The van der Waals surface area contributed by atoms with Gasteiger partial charge in [0.25, 0.3) is 5.91 Å². The summed E-state index contributed by atoms with van der Waals surface area (Å²) in [6.07, 6.45) is 4.91. The standard InChI is InChI=1S/C25H34N2O2/c1-21-12-14-23(15-13-21)19-27(18-8-17-26-16-7-6-9-22(26)2)25(28)20-29-24-10-4-3-5-11-24/h3-5,10-15,22H,6-9,16-20H2,1-2H3. The molecule has 1 amide bonds. The third kappa shape index (κ3) is 6.90. The molecule has 0 spiro atoms. The molecule has 3 rings (SSSR count). The fourth-order valence-electron chi connectivity index (χ4n) is 3.91. The quantitative estimate of drug-likeness (QED) is 0.620. The third-order valence-corrected chi connectivity index (χ3v) is 5.77. The molecular weight excluding hydrogens is 360 g/mol. The number of hydrogen-bond acceptors (Lipinski definition) is 3. The number of aryl methyl sites for hydroxylation is 1. The normalized spacial score (nSPS) is 17.1. The summed E-state index contributed by atoms with van der Waals surface area (Å²) in [7, 11) is 0. The van der Waals surface area contributed by atoms with E-state index in [1.54, 1.807) is 0 Å². The number of nitrogens with zero attached hydrogens (tertiary/aromatic N) is 2. The monoisotopic (exact) mass is 394 g/mol. The van der Waals surface area contributed by atoms with Gasteiger partial charge in [0, 0.05) is 25.7 Å². The summed E-state index contributed by atoms with van der Waals surface area (Å²) in [5, 5.41) is 0. The summed E-state index contributed by atoms with van der Waals surface area (Å²) in [4.78, 5) is 17.4. The van der Waals surface area contributed by atoms with E-state index in [4.69, 9.17) is 4.74 Å². The molecule has 1 fully saturated rings. The van der Waals surface area contributed by atoms with Crippen LogP contribution in [0, 0.1) is 6.92 Å². The number of rotatable bonds is 9. The third-order valence-electron chi connectivity index (χ3n) is 5.77. The highest BCUT2D eigenvalue weighted by Gasteiger charge is 2.19. The lowest BCUT2D eigenvalue weighted by molar-refractivity contribution is -0.134. The molecule has 4 nitrogen and oxygen atoms in total. The minimum absolute atomic E-state index is 0.0427. The molecule has 1 aliphatic heterocycles. The first-order valence-electron chi connectivity index (χ1n) is 10.9. The summed E-state index contributed by atoms with van der Waals surface area (Å²) in [6, 6.07) is 18.6. The zero-order valence-electron chi connectivity index (χ0n) is 17.8. The van der Waals surface area contributed by atoms with Crippen molar-refractivity contribution in [2.45, 2.75) is 52.1 Å². The average molecular weight is 395 g/mol. The van der Waals surface area contributed by atoms with Crippen LogP contribution in [0.2, 0.25) is 0 Å². The van der Waals surface area contributed by atoms with Crippen molar-refractivity contribution in [2.24, 2.45) is 0 Å². The maximum atomic E-state index is 12.9. The lowest BCUT2D eigenvalue weighted by atomic mass is 10.0. The van der Waals surface area contributed by atoms with Gasteiger partial charge in [-0.05, 0) is 57.4 Å². The number of ether oxygens (including phenoxy) is 1. The highest BCUT2D eigenvalue weighted by molar-refractivity contribution is 5.77. The highest BCUT2D eigenvalue weighted by atomic mass is 16.5. The van der Waals surface area contributed by atoms with E-state index in [2.05, 4.69) is 43.0 Å². The molecule has 0 saturated carbocycles. The fourth-order valence-corrected chi connectivity index (χ4v) is 3.91. The number of amides is 1. The first kappa shape index (κ1) is 21.4. The van der Waals surface area contributed by atoms with Crippen molar-refractivity contribution in [1.82, 2.24) is 9.80 Å². The Morgan fingerprint density at radius 3 is 2.59 bits per heavy atom. The van der Waals surface area contributed by atoms with Crippen molar-refractivity contribution in [3.63, 3.8) is 0 Å². The van der Waals surface area contributed by atoms with Crippen molar-refractivity contribution in [2.75, 3.05) is 26.2 Å². The predicted octanol–water partition coefficient (Wildman–Crippen LogP) is 4.67. The van der Waals surface area contributed by atoms with Crippen LogP contribution in [-0.4, -0.2) is 48.0 Å². The molecule has 0 aromatic heterocycles. The largest absolute Gasteiger partial charge is 0.484 e. The molecule has 2 aromatic carbocycles. The van der Waals surface area contributed by atoms with Gasteiger partial charge in [-0.3, -0.25) is 4.79 Å². The molecule has 1 unspecified atom stereocenters. The van der Waals surface area contributed by atoms with E-state index in [1.807, 2.05) is 35.2 Å². The van der Waals surface area contributed by atoms with E-state index in [-0.39, 0.29) is 12.5 Å². The second-order valence-corrected chi connectivity index (χ2v) is 8.14. The minimum Gasteiger partial charge on any atom is -0.484 e. The fraction of sp³-hybridized carbons (Fsp3) is 0.480. The molecule has 29 heavy (non-hydrogen) atoms. The summed E-state index contributed by atoms with van der Waals surface area (Å²) in [5.41, 5.74) is 2.40. The van der Waals surface area contributed by atoms with Crippen LogP contribution in [0.5, 0.6) is 5.75 Å². The molecular formula is C25H34N2O2. The molecule has 2 aromatic rings. The zero-order valence-corrected chi connectivity index (χ0v) is 17.8. The molecule has 1 aliphatic rings. The topological polar surface area (TPSA) is 32.8 Å². The molecule has 0 bridgehead atoms. The number of benzene rings is 2. The number of likely N-dealkylation sites (tertiary alicyclic amines) is 1. The van der Waals surface area contributed by atoms with Gasteiger partial charge in [-0.2, -0.15) is 0 Å². The van der Waals surface area contributed by atoms with Crippen molar-refractivity contribution in [3.05, 3.63) is 65.7 Å². The number of carbonyl (C=O) groups excluding carboxylic acids is 1. The van der Waals surface area contributed by atoms with Gasteiger partial charge in [0.2, 0.25) is 0 Å². The van der Waals surface area contributed by atoms with Crippen molar-refractivity contribution in [3.8, 4) is 5.75 Å². The first-order chi connectivity index (χ1) is 14.1. The van der Waals surface area contributed by atoms with Crippen LogP contribution < -0.4 is 4.74 Å². The maximum absolute atomic E-state index is 12.9. The Bertz CT molecular complexity index is 745. The molecule has 1 saturated heterocycles. The maximum Gasteiger partial charge on any atom is 0.260 e. The molecule has 1 heterocycles. The SMILES string of the molecule is Cc1ccc(CN(CCCN2CCCCC2C)C(=O)COc2ccccc2)cc1. The van der Waals surface area contributed by atoms with Crippen molar-refractivity contribution >= 4 is 5.91 Å². The van der Waals surface area contributed by atoms with Crippen LogP contribution in [0.15, 0.2) is 54.6 Å². The Kier molecular flexibility index (Phi) is 8.12. The van der Waals surface area contributed by atoms with E-state index in [9.17, 15) is 4.79 Å². The Balaban J connectivity index is 1.57. The minimum atomic E-state index is 0.0427. The number of para-hydroxylation sites is 1. The summed E-state index contributed by atoms with van der Waals surface area (Å²) in [6.45, 7) is 8.11. The lowest BCUT2D eigenvalue weighted by Gasteiger charge is -2.34. The second kappa shape index (κ2) is 11.0. The van der Waals surface area contributed by atoms with Gasteiger partial charge >= 0.3 is 0 Å². The Hall–Kier alpha value is -2.33. The van der Waals surface area contributed by atoms with Crippen LogP contribution in [0.1, 0.15) is 43.7 Å². The van der Waals surface area contributed by atoms with E-state index >= 15 is 0 Å². The zero-order chi connectivity index (χ0) is 20.5. The van der Waals surface area contributed by atoms with Crippen LogP contribution in [0.4, 0.5) is 0 Å². The first-order valence-corrected chi connectivity index (χ1v) is 10.9. The molecule has 1 atom stereocenters. The van der Waals surface area contributed by atoms with E-state index in [0.29, 0.717) is 12.6 Å². The van der Waals surface area contributed by atoms with Gasteiger partial charge in [-0.15, -0.1) is 0 Å². The van der Waals surface area contributed by atoms with Crippen molar-refractivity contribution in [1.29, 1.82) is 0 Å². The number of hydrogen-bond donors (Lipinski definition) is 0. The average Bonchev–Trinajstić information content (AvgIpc) is 2.75. The van der Waals surface area contributed by atoms with Crippen molar-refractivity contribution < 1.29 is 9.53 Å². The lowest BCUT2D eigenvalue weighted by Crippen LogP contribution is -2.40. The summed E-state index contributed by atoms with van der Waals surface area (Å²) >= 11 is 0. The van der Waals surface area contributed by atoms with Crippen LogP contribution in [0.25, 0.3) is 0 Å². The van der Waals surface area contributed by atoms with Gasteiger partial charge in [0.05, 0.1) is 0 Å². The van der Waals surface area contributed by atoms with Crippen LogP contribution >= 0.6 is 0 Å².